The number of rotatable bonds is 13. The van der Waals surface area contributed by atoms with E-state index in [-0.39, 0.29) is 12.8 Å². The van der Waals surface area contributed by atoms with Gasteiger partial charge in [-0.1, -0.05) is 0 Å². The number of benzene rings is 5. The van der Waals surface area contributed by atoms with Crippen molar-refractivity contribution in [3.8, 4) is 0 Å². The monoisotopic (exact) mass is 740 g/mol. The molecule has 0 heterocycles. The first-order valence-electron chi connectivity index (χ1n) is 15.0. The van der Waals surface area contributed by atoms with E-state index in [9.17, 15) is 19.2 Å². The van der Waals surface area contributed by atoms with E-state index in [1.54, 1.807) is 91.0 Å². The van der Waals surface area contributed by atoms with Gasteiger partial charge in [0, 0.05) is 0 Å². The summed E-state index contributed by atoms with van der Waals surface area (Å²) < 4.78 is 12.6. The van der Waals surface area contributed by atoms with Crippen LogP contribution in [0.15, 0.2) is 152 Å². The Morgan fingerprint density at radius 2 is 0.787 bits per heavy atom. The molecule has 47 heavy (non-hydrogen) atoms. The first-order valence-corrected chi connectivity index (χ1v) is 17.8. The van der Waals surface area contributed by atoms with E-state index < -0.39 is 56.5 Å². The van der Waals surface area contributed by atoms with Gasteiger partial charge in [-0.2, -0.15) is 0 Å². The third kappa shape index (κ3) is 9.85. The van der Waals surface area contributed by atoms with Gasteiger partial charge in [0.2, 0.25) is 0 Å². The van der Waals surface area contributed by atoms with Gasteiger partial charge in [-0.25, -0.2) is 0 Å². The van der Waals surface area contributed by atoms with Crippen LogP contribution in [0.1, 0.15) is 31.8 Å². The van der Waals surface area contributed by atoms with Gasteiger partial charge in [0.05, 0.1) is 0 Å². The molecule has 2 N–H and O–H groups in total. The molecule has 0 aromatic heterocycles. The van der Waals surface area contributed by atoms with Crippen molar-refractivity contribution in [1.82, 2.24) is 10.6 Å². The topological polar surface area (TPSA) is 111 Å². The summed E-state index contributed by atoms with van der Waals surface area (Å²) >= 11 is -3.51. The van der Waals surface area contributed by atoms with Crippen LogP contribution in [0, 0.1) is 3.57 Å². The fraction of sp³-hybridized carbons (Fsp3) is 0.105. The Morgan fingerprint density at radius 3 is 1.15 bits per heavy atom. The summed E-state index contributed by atoms with van der Waals surface area (Å²) in [6.07, 6.45) is 0.323. The van der Waals surface area contributed by atoms with Crippen LogP contribution in [0.3, 0.4) is 0 Å². The molecule has 5 aromatic carbocycles. The zero-order valence-corrected chi connectivity index (χ0v) is 27.5. The molecule has 0 saturated carbocycles. The molecule has 5 aromatic rings. The van der Waals surface area contributed by atoms with E-state index in [1.807, 2.05) is 60.7 Å². The molecule has 0 aliphatic rings. The van der Waals surface area contributed by atoms with Crippen molar-refractivity contribution in [2.45, 2.75) is 24.9 Å². The van der Waals surface area contributed by atoms with Crippen LogP contribution in [0.4, 0.5) is 0 Å². The van der Waals surface area contributed by atoms with Crippen LogP contribution >= 0.6 is 20.6 Å². The summed E-state index contributed by atoms with van der Waals surface area (Å²) in [5, 5.41) is 5.61. The SMILES string of the molecule is O=C(N[C@@H](Cc1ccccc1)C(=O)OI(OC(=O)[C@H](Cc1ccccc1)NC(=O)c1ccccc1)c1ccccc1)c1ccccc1. The quantitative estimate of drug-likeness (QED) is 0.136. The molecule has 0 aliphatic carbocycles. The Labute approximate surface area is 281 Å². The first kappa shape index (κ1) is 33.1. The number of carbonyl (C=O) groups is 4. The van der Waals surface area contributed by atoms with Gasteiger partial charge in [-0.3, -0.25) is 0 Å². The van der Waals surface area contributed by atoms with Gasteiger partial charge >= 0.3 is 283 Å². The standard InChI is InChI=1S/C38H33IN2O6/c42-35(30-20-10-3-11-21-30)40-33(26-28-16-6-1-7-17-28)37(44)46-39(32-24-14-5-15-25-32)47-38(45)34(27-29-18-8-2-9-19-29)41-36(43)31-22-12-4-13-23-31/h1-25,33-34H,26-27H2,(H,40,42)(H,41,43)/t33-,34-/m0/s1. The van der Waals surface area contributed by atoms with Gasteiger partial charge in [-0.05, 0) is 0 Å². The zero-order valence-electron chi connectivity index (χ0n) is 25.3. The third-order valence-electron chi connectivity index (χ3n) is 7.02. The summed E-state index contributed by atoms with van der Waals surface area (Å²) in [4.78, 5) is 54.0. The van der Waals surface area contributed by atoms with Crippen molar-refractivity contribution in [3.63, 3.8) is 0 Å². The van der Waals surface area contributed by atoms with Crippen molar-refractivity contribution in [1.29, 1.82) is 0 Å². The number of halogens is 1. The van der Waals surface area contributed by atoms with Gasteiger partial charge in [-0.15, -0.1) is 0 Å². The second-order valence-electron chi connectivity index (χ2n) is 10.5. The first-order chi connectivity index (χ1) is 23.0. The molecular formula is C38H33IN2O6. The summed E-state index contributed by atoms with van der Waals surface area (Å²) in [5.41, 5.74) is 2.40. The molecule has 2 atom stereocenters. The Hall–Kier alpha value is -5.29. The van der Waals surface area contributed by atoms with Gasteiger partial charge < -0.3 is 0 Å². The summed E-state index contributed by atoms with van der Waals surface area (Å²) in [6.45, 7) is 0. The Morgan fingerprint density at radius 1 is 0.468 bits per heavy atom. The number of hydrogen-bond acceptors (Lipinski definition) is 6. The average Bonchev–Trinajstić information content (AvgIpc) is 3.12. The molecule has 0 saturated heterocycles. The van der Waals surface area contributed by atoms with E-state index in [0.717, 1.165) is 11.1 Å². The van der Waals surface area contributed by atoms with Crippen LogP contribution in [0.2, 0.25) is 0 Å². The molecule has 0 bridgehead atoms. The molecule has 9 heteroatoms. The number of nitrogens with one attached hydrogen (secondary N) is 2. The van der Waals surface area contributed by atoms with Crippen LogP contribution in [0.25, 0.3) is 0 Å². The minimum absolute atomic E-state index is 0.161. The van der Waals surface area contributed by atoms with Crippen molar-refractivity contribution in [2.75, 3.05) is 0 Å². The van der Waals surface area contributed by atoms with Crippen LogP contribution < -0.4 is 10.6 Å². The predicted octanol–water partition coefficient (Wildman–Crippen LogP) is 6.36. The van der Waals surface area contributed by atoms with E-state index in [4.69, 9.17) is 6.13 Å². The molecule has 8 nitrogen and oxygen atoms in total. The average molecular weight is 741 g/mol. The second-order valence-corrected chi connectivity index (χ2v) is 13.8. The van der Waals surface area contributed by atoms with E-state index in [2.05, 4.69) is 10.6 Å². The van der Waals surface area contributed by atoms with E-state index in [1.165, 1.54) is 0 Å². The van der Waals surface area contributed by atoms with E-state index in [0.29, 0.717) is 14.7 Å². The summed E-state index contributed by atoms with van der Waals surface area (Å²) in [6, 6.07) is 42.3. The molecular weight excluding hydrogens is 707 g/mol. The summed E-state index contributed by atoms with van der Waals surface area (Å²) in [5.74, 6) is -2.33. The normalized spacial score (nSPS) is 12.1. The predicted molar refractivity (Wildman–Crippen MR) is 187 cm³/mol. The Kier molecular flexibility index (Phi) is 11.9. The van der Waals surface area contributed by atoms with Crippen LogP contribution in [-0.2, 0) is 28.6 Å². The van der Waals surface area contributed by atoms with Crippen LogP contribution in [-0.4, -0.2) is 35.8 Å². The van der Waals surface area contributed by atoms with Gasteiger partial charge in [0.15, 0.2) is 0 Å². The molecule has 0 spiro atoms. The number of amides is 2. The molecule has 0 radical (unpaired) electrons. The molecule has 2 amide bonds. The minimum atomic E-state index is -3.51. The molecule has 0 fully saturated rings. The van der Waals surface area contributed by atoms with Crippen molar-refractivity contribution in [2.24, 2.45) is 0 Å². The Balaban J connectivity index is 1.39. The maximum absolute atomic E-state index is 13.8. The molecule has 0 unspecified atom stereocenters. The fourth-order valence-electron chi connectivity index (χ4n) is 4.62. The van der Waals surface area contributed by atoms with Crippen molar-refractivity contribution >= 4 is 44.4 Å². The van der Waals surface area contributed by atoms with Gasteiger partial charge in [0.25, 0.3) is 0 Å². The third-order valence-corrected chi connectivity index (χ3v) is 10.4. The van der Waals surface area contributed by atoms with Crippen molar-refractivity contribution < 1.29 is 25.3 Å². The van der Waals surface area contributed by atoms with E-state index >= 15 is 0 Å². The summed E-state index contributed by atoms with van der Waals surface area (Å²) in [7, 11) is 0. The maximum atomic E-state index is 13.8. The van der Waals surface area contributed by atoms with Gasteiger partial charge in [0.1, 0.15) is 0 Å². The van der Waals surface area contributed by atoms with Crippen molar-refractivity contribution in [3.05, 3.63) is 177 Å². The molecule has 238 valence electrons. The number of carbonyl (C=O) groups excluding carboxylic acids is 4. The number of hydrogen-bond donors (Lipinski definition) is 2. The Bertz CT molecular complexity index is 1640. The molecule has 5 rings (SSSR count). The van der Waals surface area contributed by atoms with Crippen LogP contribution in [0.5, 0.6) is 0 Å². The molecule has 0 aliphatic heterocycles. The second kappa shape index (κ2) is 16.9. The zero-order chi connectivity index (χ0) is 32.8. The fourth-order valence-corrected chi connectivity index (χ4v) is 7.62.